The molecule has 0 N–H and O–H groups in total. The van der Waals surface area contributed by atoms with Crippen LogP contribution in [-0.4, -0.2) is 16.8 Å². The molecule has 0 amide bonds. The molecule has 0 aliphatic heterocycles. The molecule has 0 aliphatic carbocycles. The van der Waals surface area contributed by atoms with E-state index in [4.69, 9.17) is 0 Å². The highest BCUT2D eigenvalue weighted by Crippen LogP contribution is 2.15. The van der Waals surface area contributed by atoms with Crippen LogP contribution >= 0.6 is 27.7 Å². The van der Waals surface area contributed by atoms with Crippen molar-refractivity contribution in [3.8, 4) is 0 Å². The zero-order chi connectivity index (χ0) is 18.3. The second-order valence-electron chi connectivity index (χ2n) is 7.67. The molecule has 0 fully saturated rings. The fourth-order valence-corrected chi connectivity index (χ4v) is 4.75. The molecule has 152 valence electrons. The zero-order valence-electron chi connectivity index (χ0n) is 17.3. The van der Waals surface area contributed by atoms with E-state index in [1.807, 2.05) is 0 Å². The van der Waals surface area contributed by atoms with Crippen LogP contribution in [0.15, 0.2) is 0 Å². The summed E-state index contributed by atoms with van der Waals surface area (Å²) in [6.07, 6.45) is 27.6. The Morgan fingerprint density at radius 3 is 1.12 bits per heavy atom. The smallest absolute Gasteiger partial charge is 0.00313 e. The Morgan fingerprint density at radius 2 is 0.760 bits per heavy atom. The third kappa shape index (κ3) is 24.8. The van der Waals surface area contributed by atoms with Gasteiger partial charge in [0.1, 0.15) is 0 Å². The van der Waals surface area contributed by atoms with Gasteiger partial charge in [-0.05, 0) is 30.8 Å². The van der Waals surface area contributed by atoms with Crippen LogP contribution in [-0.2, 0) is 0 Å². The van der Waals surface area contributed by atoms with Gasteiger partial charge in [0.25, 0.3) is 0 Å². The third-order valence-electron chi connectivity index (χ3n) is 5.06. The Labute approximate surface area is 173 Å². The summed E-state index contributed by atoms with van der Waals surface area (Å²) in [5.74, 6) is 2.81. The van der Waals surface area contributed by atoms with Crippen LogP contribution < -0.4 is 0 Å². The van der Waals surface area contributed by atoms with E-state index < -0.39 is 0 Å². The first-order chi connectivity index (χ1) is 12.4. The minimum atomic E-state index is 1.18. The monoisotopic (exact) mass is 434 g/mol. The van der Waals surface area contributed by atoms with Crippen LogP contribution in [0.5, 0.6) is 0 Å². The SMILES string of the molecule is CCCCCCCCCCCCSCCCCCCCCCCCBr. The van der Waals surface area contributed by atoms with Crippen LogP contribution in [0.3, 0.4) is 0 Å². The van der Waals surface area contributed by atoms with E-state index in [9.17, 15) is 0 Å². The van der Waals surface area contributed by atoms with Crippen molar-refractivity contribution in [2.75, 3.05) is 16.8 Å². The lowest BCUT2D eigenvalue weighted by molar-refractivity contribution is 0.563. The molecule has 0 aliphatic rings. The molecular formula is C23H47BrS. The van der Waals surface area contributed by atoms with Gasteiger partial charge in [0.2, 0.25) is 0 Å². The molecule has 2 heteroatoms. The molecule has 0 unspecified atom stereocenters. The predicted molar refractivity (Wildman–Crippen MR) is 125 cm³/mol. The molecule has 0 spiro atoms. The Balaban J connectivity index is 2.94. The van der Waals surface area contributed by atoms with Gasteiger partial charge in [-0.1, -0.05) is 126 Å². The Morgan fingerprint density at radius 1 is 0.440 bits per heavy atom. The van der Waals surface area contributed by atoms with Gasteiger partial charge in [-0.2, -0.15) is 11.8 Å². The van der Waals surface area contributed by atoms with Gasteiger partial charge in [0, 0.05) is 5.33 Å². The second-order valence-corrected chi connectivity index (χ2v) is 9.68. The van der Waals surface area contributed by atoms with Crippen molar-refractivity contribution in [3.05, 3.63) is 0 Å². The molecule has 0 radical (unpaired) electrons. The van der Waals surface area contributed by atoms with Gasteiger partial charge in [0.15, 0.2) is 0 Å². The summed E-state index contributed by atoms with van der Waals surface area (Å²) in [7, 11) is 0. The maximum absolute atomic E-state index is 3.50. The van der Waals surface area contributed by atoms with E-state index in [2.05, 4.69) is 34.6 Å². The summed E-state index contributed by atoms with van der Waals surface area (Å²) in [5, 5.41) is 1.18. The summed E-state index contributed by atoms with van der Waals surface area (Å²) in [5.41, 5.74) is 0. The minimum absolute atomic E-state index is 1.18. The maximum Gasteiger partial charge on any atom is 0.00313 e. The Kier molecular flexibility index (Phi) is 25.7. The highest BCUT2D eigenvalue weighted by atomic mass is 79.9. The second kappa shape index (κ2) is 24.8. The van der Waals surface area contributed by atoms with Gasteiger partial charge in [-0.15, -0.1) is 0 Å². The van der Waals surface area contributed by atoms with Gasteiger partial charge in [-0.3, -0.25) is 0 Å². The summed E-state index contributed by atoms with van der Waals surface area (Å²) < 4.78 is 0. The lowest BCUT2D eigenvalue weighted by atomic mass is 10.1. The fraction of sp³-hybridized carbons (Fsp3) is 1.00. The van der Waals surface area contributed by atoms with E-state index in [0.29, 0.717) is 0 Å². The first-order valence-electron chi connectivity index (χ1n) is 11.6. The van der Waals surface area contributed by atoms with E-state index >= 15 is 0 Å². The standard InChI is InChI=1S/C23H47BrS/c1-2-3-4-5-6-7-10-13-16-19-22-25-23-20-17-14-11-8-9-12-15-18-21-24/h2-23H2,1H3. The average molecular weight is 436 g/mol. The van der Waals surface area contributed by atoms with E-state index in [-0.39, 0.29) is 0 Å². The highest BCUT2D eigenvalue weighted by Gasteiger charge is 1.95. The number of unbranched alkanes of at least 4 members (excludes halogenated alkanes) is 17. The summed E-state index contributed by atoms with van der Waals surface area (Å²) in [6, 6.07) is 0. The van der Waals surface area contributed by atoms with Gasteiger partial charge >= 0.3 is 0 Å². The maximum atomic E-state index is 3.50. The summed E-state index contributed by atoms with van der Waals surface area (Å²) >= 11 is 5.71. The molecule has 0 saturated carbocycles. The molecule has 0 saturated heterocycles. The lowest BCUT2D eigenvalue weighted by Crippen LogP contribution is -1.87. The first kappa shape index (κ1) is 25.8. The van der Waals surface area contributed by atoms with Crippen molar-refractivity contribution in [2.24, 2.45) is 0 Å². The number of thioether (sulfide) groups is 1. The topological polar surface area (TPSA) is 0 Å². The minimum Gasteiger partial charge on any atom is -0.162 e. The number of halogens is 1. The molecule has 25 heavy (non-hydrogen) atoms. The van der Waals surface area contributed by atoms with Crippen molar-refractivity contribution in [2.45, 2.75) is 129 Å². The summed E-state index contributed by atoms with van der Waals surface area (Å²) in [4.78, 5) is 0. The highest BCUT2D eigenvalue weighted by molar-refractivity contribution is 9.09. The van der Waals surface area contributed by atoms with Crippen molar-refractivity contribution in [1.29, 1.82) is 0 Å². The number of alkyl halides is 1. The largest absolute Gasteiger partial charge is 0.162 e. The normalized spacial score (nSPS) is 11.3. The zero-order valence-corrected chi connectivity index (χ0v) is 19.7. The Bertz CT molecular complexity index is 198. The quantitative estimate of drug-likeness (QED) is 0.120. The van der Waals surface area contributed by atoms with Crippen molar-refractivity contribution in [3.63, 3.8) is 0 Å². The molecule has 0 aromatic heterocycles. The van der Waals surface area contributed by atoms with Crippen molar-refractivity contribution in [1.82, 2.24) is 0 Å². The van der Waals surface area contributed by atoms with Gasteiger partial charge in [-0.25, -0.2) is 0 Å². The molecule has 0 bridgehead atoms. The Hall–Kier alpha value is 0.830. The molecule has 0 nitrogen and oxygen atoms in total. The molecule has 0 atom stereocenters. The number of rotatable bonds is 22. The van der Waals surface area contributed by atoms with Crippen LogP contribution in [0.25, 0.3) is 0 Å². The molecule has 0 heterocycles. The van der Waals surface area contributed by atoms with Crippen molar-refractivity contribution < 1.29 is 0 Å². The van der Waals surface area contributed by atoms with Crippen LogP contribution in [0.2, 0.25) is 0 Å². The fourth-order valence-electron chi connectivity index (χ4n) is 3.33. The number of hydrogen-bond acceptors (Lipinski definition) is 1. The van der Waals surface area contributed by atoms with Crippen LogP contribution in [0, 0.1) is 0 Å². The van der Waals surface area contributed by atoms with Gasteiger partial charge < -0.3 is 0 Å². The first-order valence-corrected chi connectivity index (χ1v) is 13.8. The van der Waals surface area contributed by atoms with E-state index in [1.165, 1.54) is 139 Å². The third-order valence-corrected chi connectivity index (χ3v) is 6.78. The van der Waals surface area contributed by atoms with Crippen LogP contribution in [0.4, 0.5) is 0 Å². The molecule has 0 rings (SSSR count). The molecular weight excluding hydrogens is 388 g/mol. The average Bonchev–Trinajstić information content (AvgIpc) is 2.63. The predicted octanol–water partition coefficient (Wildman–Crippen LogP) is 9.55. The lowest BCUT2D eigenvalue weighted by Gasteiger charge is -2.04. The summed E-state index contributed by atoms with van der Waals surface area (Å²) in [6.45, 7) is 2.30. The number of hydrogen-bond donors (Lipinski definition) is 0. The van der Waals surface area contributed by atoms with E-state index in [1.54, 1.807) is 0 Å². The van der Waals surface area contributed by atoms with Crippen molar-refractivity contribution >= 4 is 27.7 Å². The molecule has 0 aromatic carbocycles. The van der Waals surface area contributed by atoms with Crippen LogP contribution in [0.1, 0.15) is 129 Å². The van der Waals surface area contributed by atoms with E-state index in [0.717, 1.165) is 0 Å². The molecule has 0 aromatic rings. The van der Waals surface area contributed by atoms with Gasteiger partial charge in [0.05, 0.1) is 0 Å².